The fourth-order valence-electron chi connectivity index (χ4n) is 4.90. The number of benzene rings is 4. The molecule has 0 spiro atoms. The van der Waals surface area contributed by atoms with Gasteiger partial charge in [-0.25, -0.2) is 8.42 Å². The van der Waals surface area contributed by atoms with Crippen molar-refractivity contribution < 1.29 is 18.0 Å². The number of hydrogen-bond acceptors (Lipinski definition) is 4. The highest BCUT2D eigenvalue weighted by Gasteiger charge is 2.34. The van der Waals surface area contributed by atoms with Crippen LogP contribution in [0.5, 0.6) is 0 Å². The highest BCUT2D eigenvalue weighted by Crippen LogP contribution is 2.28. The minimum atomic E-state index is -4.17. The summed E-state index contributed by atoms with van der Waals surface area (Å²) >= 11 is 12.4. The molecule has 2 amide bonds. The Labute approximate surface area is 263 Å². The Kier molecular flexibility index (Phi) is 10.5. The van der Waals surface area contributed by atoms with Gasteiger partial charge in [-0.2, -0.15) is 0 Å². The van der Waals surface area contributed by atoms with Gasteiger partial charge in [-0.1, -0.05) is 83.9 Å². The molecule has 0 radical (unpaired) electrons. The van der Waals surface area contributed by atoms with Gasteiger partial charge < -0.3 is 10.2 Å². The Morgan fingerprint density at radius 1 is 0.791 bits per heavy atom. The van der Waals surface area contributed by atoms with Crippen LogP contribution in [0.4, 0.5) is 5.69 Å². The molecular formula is C33H33Cl2N3O4S. The van der Waals surface area contributed by atoms with Gasteiger partial charge in [-0.3, -0.25) is 13.9 Å². The Hall–Kier alpha value is -3.85. The summed E-state index contributed by atoms with van der Waals surface area (Å²) in [7, 11) is -2.66. The molecule has 0 aliphatic carbocycles. The number of aryl methyl sites for hydroxylation is 2. The third-order valence-electron chi connectivity index (χ3n) is 6.96. The fourth-order valence-corrected chi connectivity index (χ4v) is 6.64. The lowest BCUT2D eigenvalue weighted by atomic mass is 10.0. The summed E-state index contributed by atoms with van der Waals surface area (Å²) in [5.74, 6) is -0.949. The fraction of sp³-hybridized carbons (Fsp3) is 0.212. The second-order valence-corrected chi connectivity index (χ2v) is 12.9. The lowest BCUT2D eigenvalue weighted by Gasteiger charge is -2.33. The Balaban J connectivity index is 1.81. The number of anilines is 1. The Bertz CT molecular complexity index is 1680. The van der Waals surface area contributed by atoms with E-state index in [1.807, 2.05) is 50.2 Å². The van der Waals surface area contributed by atoms with E-state index in [2.05, 4.69) is 5.32 Å². The molecule has 4 aromatic rings. The summed E-state index contributed by atoms with van der Waals surface area (Å²) in [6.45, 7) is 3.18. The molecule has 7 nitrogen and oxygen atoms in total. The van der Waals surface area contributed by atoms with Crippen LogP contribution in [0.1, 0.15) is 22.3 Å². The van der Waals surface area contributed by atoms with Crippen LogP contribution in [-0.2, 0) is 32.6 Å². The van der Waals surface area contributed by atoms with Crippen molar-refractivity contribution in [2.75, 3.05) is 17.9 Å². The van der Waals surface area contributed by atoms with Crippen LogP contribution >= 0.6 is 23.2 Å². The summed E-state index contributed by atoms with van der Waals surface area (Å²) in [5.41, 5.74) is 3.51. The second kappa shape index (κ2) is 14.1. The molecule has 224 valence electrons. The zero-order valence-corrected chi connectivity index (χ0v) is 26.5. The number of carbonyl (C=O) groups excluding carboxylic acids is 2. The maximum atomic E-state index is 14.4. The minimum Gasteiger partial charge on any atom is -0.357 e. The first-order valence-corrected chi connectivity index (χ1v) is 15.8. The van der Waals surface area contributed by atoms with Gasteiger partial charge >= 0.3 is 0 Å². The number of nitrogens with zero attached hydrogens (tertiary/aromatic N) is 2. The molecule has 4 aromatic carbocycles. The number of nitrogens with one attached hydrogen (secondary N) is 1. The molecule has 0 aromatic heterocycles. The predicted molar refractivity (Wildman–Crippen MR) is 172 cm³/mol. The lowest BCUT2D eigenvalue weighted by Crippen LogP contribution is -2.53. The summed E-state index contributed by atoms with van der Waals surface area (Å²) in [6, 6.07) is 26.7. The van der Waals surface area contributed by atoms with Gasteiger partial charge in [0.15, 0.2) is 0 Å². The van der Waals surface area contributed by atoms with Crippen molar-refractivity contribution in [3.63, 3.8) is 0 Å². The van der Waals surface area contributed by atoms with Gasteiger partial charge in [0.2, 0.25) is 11.8 Å². The van der Waals surface area contributed by atoms with Gasteiger partial charge in [0.25, 0.3) is 10.0 Å². The number of likely N-dealkylation sites (N-methyl/N-ethyl adjacent to an activating group) is 1. The van der Waals surface area contributed by atoms with E-state index in [1.54, 1.807) is 48.5 Å². The molecule has 4 rings (SSSR count). The normalized spacial score (nSPS) is 11.9. The van der Waals surface area contributed by atoms with Gasteiger partial charge in [-0.15, -0.1) is 0 Å². The van der Waals surface area contributed by atoms with E-state index in [-0.39, 0.29) is 23.8 Å². The minimum absolute atomic E-state index is 0.00723. The Morgan fingerprint density at radius 2 is 1.40 bits per heavy atom. The van der Waals surface area contributed by atoms with E-state index in [4.69, 9.17) is 23.2 Å². The molecule has 1 N–H and O–H groups in total. The van der Waals surface area contributed by atoms with Crippen molar-refractivity contribution in [2.24, 2.45) is 0 Å². The number of sulfonamides is 1. The molecule has 1 atom stereocenters. The van der Waals surface area contributed by atoms with Crippen molar-refractivity contribution in [2.45, 2.75) is 37.8 Å². The number of hydrogen-bond donors (Lipinski definition) is 1. The standard InChI is InChI=1S/C33H33Cl2N3O4S/c1-23-16-24(2)18-27(17-23)38(43(41,42)28-12-8-5-9-13-28)22-32(39)37(21-26-14-15-29(34)30(35)19-26)31(33(40)36-3)20-25-10-6-4-7-11-25/h4-19,31H,20-22H2,1-3H3,(H,36,40). The molecule has 43 heavy (non-hydrogen) atoms. The van der Waals surface area contributed by atoms with Gasteiger partial charge in [-0.05, 0) is 72.5 Å². The van der Waals surface area contributed by atoms with Crippen molar-refractivity contribution in [3.8, 4) is 0 Å². The summed E-state index contributed by atoms with van der Waals surface area (Å²) in [5, 5.41) is 3.32. The molecule has 0 saturated heterocycles. The van der Waals surface area contributed by atoms with Crippen LogP contribution in [0.25, 0.3) is 0 Å². The van der Waals surface area contributed by atoms with E-state index < -0.39 is 28.5 Å². The average molecular weight is 639 g/mol. The van der Waals surface area contributed by atoms with Gasteiger partial charge in [0.1, 0.15) is 12.6 Å². The zero-order valence-electron chi connectivity index (χ0n) is 24.1. The monoisotopic (exact) mass is 637 g/mol. The van der Waals surface area contributed by atoms with Crippen LogP contribution in [0.15, 0.2) is 102 Å². The van der Waals surface area contributed by atoms with Gasteiger partial charge in [0, 0.05) is 20.0 Å². The topological polar surface area (TPSA) is 86.8 Å². The first-order chi connectivity index (χ1) is 20.5. The number of halogens is 2. The molecule has 1 unspecified atom stereocenters. The molecular weight excluding hydrogens is 605 g/mol. The van der Waals surface area contributed by atoms with E-state index >= 15 is 0 Å². The Morgan fingerprint density at radius 3 is 1.98 bits per heavy atom. The SMILES string of the molecule is CNC(=O)C(Cc1ccccc1)N(Cc1ccc(Cl)c(Cl)c1)C(=O)CN(c1cc(C)cc(C)c1)S(=O)(=O)c1ccccc1. The molecule has 10 heteroatoms. The number of carbonyl (C=O) groups is 2. The first kappa shape index (κ1) is 32.1. The smallest absolute Gasteiger partial charge is 0.264 e. The summed E-state index contributed by atoms with van der Waals surface area (Å²) in [6.07, 6.45) is 0.211. The number of rotatable bonds is 11. The van der Waals surface area contributed by atoms with Crippen molar-refractivity contribution in [1.29, 1.82) is 0 Å². The van der Waals surface area contributed by atoms with E-state index in [0.717, 1.165) is 21.0 Å². The lowest BCUT2D eigenvalue weighted by molar-refractivity contribution is -0.139. The van der Waals surface area contributed by atoms with Crippen molar-refractivity contribution >= 4 is 50.7 Å². The quantitative estimate of drug-likeness (QED) is 0.212. The van der Waals surface area contributed by atoms with E-state index in [1.165, 1.54) is 24.1 Å². The van der Waals surface area contributed by atoms with Crippen molar-refractivity contribution in [1.82, 2.24) is 10.2 Å². The predicted octanol–water partition coefficient (Wildman–Crippen LogP) is 6.19. The van der Waals surface area contributed by atoms with Crippen LogP contribution in [0, 0.1) is 13.8 Å². The second-order valence-electron chi connectivity index (χ2n) is 10.3. The van der Waals surface area contributed by atoms with E-state index in [0.29, 0.717) is 21.3 Å². The highest BCUT2D eigenvalue weighted by atomic mass is 35.5. The molecule has 0 aliphatic rings. The third kappa shape index (κ3) is 7.96. The summed E-state index contributed by atoms with van der Waals surface area (Å²) < 4.78 is 29.2. The third-order valence-corrected chi connectivity index (χ3v) is 9.49. The molecule has 0 heterocycles. The molecule has 0 saturated carbocycles. The largest absolute Gasteiger partial charge is 0.357 e. The summed E-state index contributed by atoms with van der Waals surface area (Å²) in [4.78, 5) is 29.2. The molecule has 0 fully saturated rings. The van der Waals surface area contributed by atoms with E-state index in [9.17, 15) is 18.0 Å². The van der Waals surface area contributed by atoms with Crippen LogP contribution in [-0.4, -0.2) is 44.8 Å². The van der Waals surface area contributed by atoms with Gasteiger partial charge in [0.05, 0.1) is 20.6 Å². The van der Waals surface area contributed by atoms with Crippen LogP contribution < -0.4 is 9.62 Å². The van der Waals surface area contributed by atoms with Crippen molar-refractivity contribution in [3.05, 3.63) is 129 Å². The number of amides is 2. The van der Waals surface area contributed by atoms with Crippen LogP contribution in [0.2, 0.25) is 10.0 Å². The maximum Gasteiger partial charge on any atom is 0.264 e. The zero-order chi connectivity index (χ0) is 31.1. The molecule has 0 aliphatic heterocycles. The maximum absolute atomic E-state index is 14.4. The molecule has 0 bridgehead atoms. The first-order valence-electron chi connectivity index (χ1n) is 13.6. The average Bonchev–Trinajstić information content (AvgIpc) is 2.99. The van der Waals surface area contributed by atoms with Crippen LogP contribution in [0.3, 0.4) is 0 Å². The highest BCUT2D eigenvalue weighted by molar-refractivity contribution is 7.92.